The van der Waals surface area contributed by atoms with Crippen LogP contribution in [0.3, 0.4) is 0 Å². The molecule has 2 bridgehead atoms. The maximum absolute atomic E-state index is 13.1. The minimum absolute atomic E-state index is 0.134. The van der Waals surface area contributed by atoms with Crippen LogP contribution in [0.4, 0.5) is 0 Å². The first-order chi connectivity index (χ1) is 15.9. The third-order valence-corrected chi connectivity index (χ3v) is 9.41. The van der Waals surface area contributed by atoms with Crippen molar-refractivity contribution in [3.8, 4) is 5.75 Å². The molecule has 7 rings (SSSR count). The van der Waals surface area contributed by atoms with E-state index in [1.165, 1.54) is 0 Å². The van der Waals surface area contributed by atoms with Crippen molar-refractivity contribution in [2.75, 3.05) is 0 Å². The first kappa shape index (κ1) is 22.2. The molecule has 2 saturated carbocycles. The van der Waals surface area contributed by atoms with E-state index in [1.54, 1.807) is 6.21 Å². The topological polar surface area (TPSA) is 59.0 Å². The molecule has 1 aliphatic heterocycles. The lowest BCUT2D eigenvalue weighted by Crippen LogP contribution is -2.40. The number of amides is 2. The number of imide groups is 1. The second-order valence-electron chi connectivity index (χ2n) is 9.12. The monoisotopic (exact) mass is 728 g/mol. The van der Waals surface area contributed by atoms with Gasteiger partial charge in [0.15, 0.2) is 0 Å². The van der Waals surface area contributed by atoms with Crippen molar-refractivity contribution in [2.45, 2.75) is 13.0 Å². The molecule has 4 aliphatic carbocycles. The molecule has 8 heteroatoms. The zero-order valence-corrected chi connectivity index (χ0v) is 23.2. The lowest BCUT2D eigenvalue weighted by atomic mass is 9.63. The Morgan fingerprint density at radius 2 is 1.58 bits per heavy atom. The highest BCUT2D eigenvalue weighted by Crippen LogP contribution is 2.65. The molecule has 168 valence electrons. The number of halogens is 3. The lowest BCUT2D eigenvalue weighted by Gasteiger charge is -2.37. The third-order valence-electron chi connectivity index (χ3n) is 7.28. The summed E-state index contributed by atoms with van der Waals surface area (Å²) in [6, 6.07) is 12.0. The summed E-state index contributed by atoms with van der Waals surface area (Å²) in [4.78, 5) is 26.2. The third kappa shape index (κ3) is 3.80. The fourth-order valence-corrected chi connectivity index (χ4v) is 8.10. The Kier molecular flexibility index (Phi) is 5.68. The summed E-state index contributed by atoms with van der Waals surface area (Å²) in [6.45, 7) is 0.477. The molecule has 33 heavy (non-hydrogen) atoms. The van der Waals surface area contributed by atoms with Crippen LogP contribution in [-0.4, -0.2) is 23.0 Å². The van der Waals surface area contributed by atoms with Gasteiger partial charge in [-0.25, -0.2) is 0 Å². The maximum atomic E-state index is 13.1. The fourth-order valence-electron chi connectivity index (χ4n) is 5.71. The van der Waals surface area contributed by atoms with Gasteiger partial charge in [-0.05, 0) is 111 Å². The summed E-state index contributed by atoms with van der Waals surface area (Å²) < 4.78 is 9.01. The van der Waals surface area contributed by atoms with Crippen molar-refractivity contribution in [1.29, 1.82) is 0 Å². The van der Waals surface area contributed by atoms with Crippen LogP contribution in [0.1, 0.15) is 17.5 Å². The van der Waals surface area contributed by atoms with Gasteiger partial charge in [0.1, 0.15) is 12.4 Å². The second kappa shape index (κ2) is 8.44. The van der Waals surface area contributed by atoms with Crippen LogP contribution in [0.2, 0.25) is 0 Å². The predicted molar refractivity (Wildman–Crippen MR) is 144 cm³/mol. The van der Waals surface area contributed by atoms with Crippen molar-refractivity contribution < 1.29 is 14.3 Å². The second-order valence-corrected chi connectivity index (χ2v) is 12.4. The molecular weight excluding hydrogens is 710 g/mol. The van der Waals surface area contributed by atoms with Crippen LogP contribution in [0.25, 0.3) is 0 Å². The van der Waals surface area contributed by atoms with Gasteiger partial charge in [0.25, 0.3) is 11.8 Å². The van der Waals surface area contributed by atoms with E-state index < -0.39 is 0 Å². The number of hydrazone groups is 1. The first-order valence-corrected chi connectivity index (χ1v) is 13.8. The van der Waals surface area contributed by atoms with Gasteiger partial charge in [-0.15, -0.1) is 0 Å². The van der Waals surface area contributed by atoms with Crippen LogP contribution >= 0.6 is 61.1 Å². The van der Waals surface area contributed by atoms with Gasteiger partial charge < -0.3 is 4.74 Å². The molecule has 2 aromatic carbocycles. The number of hydrogen-bond donors (Lipinski definition) is 0. The van der Waals surface area contributed by atoms with E-state index in [4.69, 9.17) is 4.74 Å². The van der Waals surface area contributed by atoms with Crippen LogP contribution in [-0.2, 0) is 16.2 Å². The molecule has 0 N–H and O–H groups in total. The van der Waals surface area contributed by atoms with Crippen LogP contribution < -0.4 is 4.74 Å². The Bertz CT molecular complexity index is 1170. The van der Waals surface area contributed by atoms with Crippen molar-refractivity contribution >= 4 is 79.1 Å². The van der Waals surface area contributed by atoms with Crippen molar-refractivity contribution in [1.82, 2.24) is 5.01 Å². The van der Waals surface area contributed by atoms with E-state index in [0.29, 0.717) is 18.4 Å². The van der Waals surface area contributed by atoms with Crippen molar-refractivity contribution in [2.24, 2.45) is 40.6 Å². The SMILES string of the molecule is O=C1[C@@H]2[C@@H]3C=C[C@H]([C@H]4C[C@H]34)[C@@H]2C(=O)N1/N=C\c1cc(I)c(OCc2ccc(Br)cc2)c(I)c1. The first-order valence-electron chi connectivity index (χ1n) is 10.9. The summed E-state index contributed by atoms with van der Waals surface area (Å²) in [5.41, 5.74) is 1.92. The molecule has 2 amide bonds. The van der Waals surface area contributed by atoms with Gasteiger partial charge in [0, 0.05) is 4.47 Å². The van der Waals surface area contributed by atoms with E-state index >= 15 is 0 Å². The van der Waals surface area contributed by atoms with Crippen molar-refractivity contribution in [3.05, 3.63) is 71.3 Å². The highest BCUT2D eigenvalue weighted by atomic mass is 127. The van der Waals surface area contributed by atoms with Gasteiger partial charge in [-0.1, -0.05) is 40.2 Å². The van der Waals surface area contributed by atoms with Gasteiger partial charge in [0.05, 0.1) is 25.2 Å². The summed E-state index contributed by atoms with van der Waals surface area (Å²) in [7, 11) is 0. The number of ether oxygens (including phenoxy) is 1. The molecule has 5 nitrogen and oxygen atoms in total. The molecule has 0 spiro atoms. The molecule has 0 unspecified atom stereocenters. The summed E-state index contributed by atoms with van der Waals surface area (Å²) >= 11 is 7.94. The van der Waals surface area contributed by atoms with Crippen LogP contribution in [0.15, 0.2) is 58.1 Å². The normalized spacial score (nSPS) is 31.3. The number of hydrogen-bond acceptors (Lipinski definition) is 4. The zero-order chi connectivity index (χ0) is 22.9. The molecule has 1 saturated heterocycles. The molecular formula is C25H19BrI2N2O3. The Hall–Kier alpha value is -1.27. The molecule has 0 radical (unpaired) electrons. The largest absolute Gasteiger partial charge is 0.487 e. The number of nitrogens with zero attached hydrogens (tertiary/aromatic N) is 2. The highest BCUT2D eigenvalue weighted by Gasteiger charge is 2.67. The average molecular weight is 729 g/mol. The minimum Gasteiger partial charge on any atom is -0.487 e. The van der Waals surface area contributed by atoms with E-state index in [-0.39, 0.29) is 35.5 Å². The Morgan fingerprint density at radius 1 is 1.00 bits per heavy atom. The van der Waals surface area contributed by atoms with E-state index in [1.807, 2.05) is 36.4 Å². The fraction of sp³-hybridized carbons (Fsp3) is 0.320. The summed E-state index contributed by atoms with van der Waals surface area (Å²) in [5, 5.41) is 5.49. The van der Waals surface area contributed by atoms with Crippen LogP contribution in [0.5, 0.6) is 5.75 Å². The van der Waals surface area contributed by atoms with E-state index in [0.717, 1.165) is 39.9 Å². The highest BCUT2D eigenvalue weighted by molar-refractivity contribution is 14.1. The standard InChI is InChI=1S/C25H19BrI2N2O3/c26-14-3-1-12(2-4-14)11-33-23-19(27)7-13(8-20(23)28)10-29-30-24(31)21-15-5-6-16(18-9-17(15)18)22(21)25(30)32/h1-8,10,15-18,21-22H,9,11H2/b29-10-/t15-,16-,17-,18-,21-,22+/m1/s1. The smallest absolute Gasteiger partial charge is 0.254 e. The Morgan fingerprint density at radius 3 is 2.15 bits per heavy atom. The lowest BCUT2D eigenvalue weighted by molar-refractivity contribution is -0.140. The molecule has 3 fully saturated rings. The van der Waals surface area contributed by atoms with Crippen LogP contribution in [0, 0.1) is 42.6 Å². The summed E-state index contributed by atoms with van der Waals surface area (Å²) in [5.74, 6) is 1.72. The van der Waals surface area contributed by atoms with E-state index in [2.05, 4.69) is 78.4 Å². The number of carbonyl (C=O) groups excluding carboxylic acids is 2. The predicted octanol–water partition coefficient (Wildman–Crippen LogP) is 5.62. The number of carbonyl (C=O) groups is 2. The quantitative estimate of drug-likeness (QED) is 0.174. The van der Waals surface area contributed by atoms with Gasteiger partial charge in [0.2, 0.25) is 0 Å². The number of allylic oxidation sites excluding steroid dienone is 2. The van der Waals surface area contributed by atoms with Crippen molar-refractivity contribution in [3.63, 3.8) is 0 Å². The number of rotatable bonds is 5. The molecule has 5 aliphatic rings. The minimum atomic E-state index is -0.219. The maximum Gasteiger partial charge on any atom is 0.254 e. The van der Waals surface area contributed by atoms with Gasteiger partial charge >= 0.3 is 0 Å². The molecule has 0 aromatic heterocycles. The number of benzene rings is 2. The molecule has 2 aromatic rings. The van der Waals surface area contributed by atoms with Gasteiger partial charge in [-0.3, -0.25) is 9.59 Å². The van der Waals surface area contributed by atoms with E-state index in [9.17, 15) is 9.59 Å². The zero-order valence-electron chi connectivity index (χ0n) is 17.3. The molecule has 1 heterocycles. The molecule has 6 atom stereocenters. The summed E-state index contributed by atoms with van der Waals surface area (Å²) in [6.07, 6.45) is 7.13. The Balaban J connectivity index is 1.18. The van der Waals surface area contributed by atoms with Gasteiger partial charge in [-0.2, -0.15) is 10.1 Å². The average Bonchev–Trinajstić information content (AvgIpc) is 3.57. The Labute approximate surface area is 227 Å².